The van der Waals surface area contributed by atoms with E-state index in [0.717, 1.165) is 17.3 Å². The number of nitrogens with zero attached hydrogens (tertiary/aromatic N) is 2. The minimum Gasteiger partial charge on any atom is -0.306 e. The Balaban J connectivity index is 2.00. The maximum Gasteiger partial charge on any atom is 0.0782 e. The van der Waals surface area contributed by atoms with Gasteiger partial charge in [-0.3, -0.25) is 9.97 Å². The van der Waals surface area contributed by atoms with Crippen molar-refractivity contribution in [1.29, 1.82) is 0 Å². The highest BCUT2D eigenvalue weighted by Gasteiger charge is 2.29. The first-order valence-electron chi connectivity index (χ1n) is 5.72. The van der Waals surface area contributed by atoms with Crippen LogP contribution in [0.4, 0.5) is 0 Å². The van der Waals surface area contributed by atoms with Crippen LogP contribution in [0.3, 0.4) is 0 Å². The lowest BCUT2D eigenvalue weighted by Crippen LogP contribution is -2.31. The summed E-state index contributed by atoms with van der Waals surface area (Å²) in [5, 5.41) is 3.60. The van der Waals surface area contributed by atoms with E-state index >= 15 is 0 Å². The summed E-state index contributed by atoms with van der Waals surface area (Å²) in [6, 6.07) is 0.899. The van der Waals surface area contributed by atoms with Crippen LogP contribution in [-0.4, -0.2) is 16.0 Å². The molecule has 15 heavy (non-hydrogen) atoms. The summed E-state index contributed by atoms with van der Waals surface area (Å²) < 4.78 is 0. The van der Waals surface area contributed by atoms with Crippen LogP contribution in [0.25, 0.3) is 0 Å². The van der Waals surface area contributed by atoms with Crippen molar-refractivity contribution in [3.63, 3.8) is 0 Å². The molecule has 1 aromatic rings. The molecule has 0 saturated heterocycles. The molecule has 3 heteroatoms. The minimum atomic E-state index is 0.300. The molecular formula is C12H19N3. The van der Waals surface area contributed by atoms with Gasteiger partial charge >= 0.3 is 0 Å². The molecule has 0 amide bonds. The Labute approximate surface area is 91.3 Å². The van der Waals surface area contributed by atoms with Gasteiger partial charge in [-0.1, -0.05) is 0 Å². The van der Waals surface area contributed by atoms with Crippen LogP contribution < -0.4 is 5.32 Å². The van der Waals surface area contributed by atoms with E-state index in [9.17, 15) is 0 Å². The first-order chi connectivity index (χ1) is 7.18. The van der Waals surface area contributed by atoms with Crippen LogP contribution in [0.2, 0.25) is 0 Å². The number of aryl methyl sites for hydroxylation is 1. The highest BCUT2D eigenvalue weighted by Crippen LogP contribution is 2.33. The standard InChI is InChI=1S/C12H19N3/c1-8(11-4-5-11)15-10(3)12-9(2)13-6-7-14-12/h6-8,10-11,15H,4-5H2,1-3H3. The van der Waals surface area contributed by atoms with Crippen LogP contribution in [-0.2, 0) is 0 Å². The summed E-state index contributed by atoms with van der Waals surface area (Å²) in [6.45, 7) is 6.44. The normalized spacial score (nSPS) is 19.9. The Kier molecular flexibility index (Phi) is 3.00. The van der Waals surface area contributed by atoms with E-state index < -0.39 is 0 Å². The average Bonchev–Trinajstić information content (AvgIpc) is 3.01. The van der Waals surface area contributed by atoms with Gasteiger partial charge in [-0.05, 0) is 39.5 Å². The molecule has 0 spiro atoms. The van der Waals surface area contributed by atoms with E-state index in [4.69, 9.17) is 0 Å². The third kappa shape index (κ3) is 2.53. The molecule has 1 aliphatic rings. The molecule has 82 valence electrons. The van der Waals surface area contributed by atoms with Crippen molar-refractivity contribution < 1.29 is 0 Å². The minimum absolute atomic E-state index is 0.300. The van der Waals surface area contributed by atoms with Gasteiger partial charge in [-0.15, -0.1) is 0 Å². The molecule has 2 unspecified atom stereocenters. The Morgan fingerprint density at radius 3 is 2.53 bits per heavy atom. The second kappa shape index (κ2) is 4.27. The zero-order valence-electron chi connectivity index (χ0n) is 9.70. The Hall–Kier alpha value is -0.960. The fourth-order valence-corrected chi connectivity index (χ4v) is 2.05. The fraction of sp³-hybridized carbons (Fsp3) is 0.667. The summed E-state index contributed by atoms with van der Waals surface area (Å²) in [4.78, 5) is 8.65. The monoisotopic (exact) mass is 205 g/mol. The van der Waals surface area contributed by atoms with Crippen LogP contribution in [0.15, 0.2) is 12.4 Å². The van der Waals surface area contributed by atoms with Crippen LogP contribution >= 0.6 is 0 Å². The van der Waals surface area contributed by atoms with Crippen LogP contribution in [0.1, 0.15) is 44.1 Å². The van der Waals surface area contributed by atoms with Gasteiger partial charge in [0.2, 0.25) is 0 Å². The quantitative estimate of drug-likeness (QED) is 0.819. The largest absolute Gasteiger partial charge is 0.306 e. The van der Waals surface area contributed by atoms with Gasteiger partial charge in [0.05, 0.1) is 11.4 Å². The Bertz CT molecular complexity index is 333. The van der Waals surface area contributed by atoms with Gasteiger partial charge in [-0.2, -0.15) is 0 Å². The van der Waals surface area contributed by atoms with E-state index in [-0.39, 0.29) is 0 Å². The molecule has 2 atom stereocenters. The van der Waals surface area contributed by atoms with Crippen LogP contribution in [0.5, 0.6) is 0 Å². The molecule has 0 radical (unpaired) electrons. The second-order valence-electron chi connectivity index (χ2n) is 4.54. The van der Waals surface area contributed by atoms with Gasteiger partial charge < -0.3 is 5.32 Å². The summed E-state index contributed by atoms with van der Waals surface area (Å²) in [6.07, 6.45) is 6.26. The lowest BCUT2D eigenvalue weighted by Gasteiger charge is -2.20. The van der Waals surface area contributed by atoms with E-state index in [1.807, 2.05) is 6.92 Å². The van der Waals surface area contributed by atoms with Crippen molar-refractivity contribution >= 4 is 0 Å². The van der Waals surface area contributed by atoms with Crippen molar-refractivity contribution in [3.8, 4) is 0 Å². The van der Waals surface area contributed by atoms with Crippen molar-refractivity contribution in [2.75, 3.05) is 0 Å². The molecule has 1 heterocycles. The average molecular weight is 205 g/mol. The highest BCUT2D eigenvalue weighted by atomic mass is 15.0. The van der Waals surface area contributed by atoms with Crippen molar-refractivity contribution in [2.24, 2.45) is 5.92 Å². The molecule has 0 bridgehead atoms. The maximum absolute atomic E-state index is 4.39. The number of rotatable bonds is 4. The van der Waals surface area contributed by atoms with Gasteiger partial charge in [0, 0.05) is 24.5 Å². The molecule has 0 aromatic carbocycles. The number of aromatic nitrogens is 2. The third-order valence-electron chi connectivity index (χ3n) is 3.17. The number of hydrogen-bond acceptors (Lipinski definition) is 3. The Morgan fingerprint density at radius 2 is 1.93 bits per heavy atom. The Morgan fingerprint density at radius 1 is 1.27 bits per heavy atom. The first kappa shape index (κ1) is 10.6. The lowest BCUT2D eigenvalue weighted by molar-refractivity contribution is 0.433. The zero-order valence-corrected chi connectivity index (χ0v) is 9.70. The number of nitrogens with one attached hydrogen (secondary N) is 1. The number of hydrogen-bond donors (Lipinski definition) is 1. The molecular weight excluding hydrogens is 186 g/mol. The SMILES string of the molecule is Cc1nccnc1C(C)NC(C)C1CC1. The molecule has 2 rings (SSSR count). The lowest BCUT2D eigenvalue weighted by atomic mass is 10.1. The smallest absolute Gasteiger partial charge is 0.0782 e. The molecule has 1 N–H and O–H groups in total. The van der Waals surface area contributed by atoms with Crippen molar-refractivity contribution in [2.45, 2.75) is 45.7 Å². The summed E-state index contributed by atoms with van der Waals surface area (Å²) in [7, 11) is 0. The molecule has 1 aliphatic carbocycles. The van der Waals surface area contributed by atoms with Gasteiger partial charge in [0.1, 0.15) is 0 Å². The van der Waals surface area contributed by atoms with E-state index in [1.165, 1.54) is 12.8 Å². The predicted octanol–water partition coefficient (Wildman–Crippen LogP) is 2.23. The van der Waals surface area contributed by atoms with E-state index in [2.05, 4.69) is 29.1 Å². The molecule has 1 fully saturated rings. The van der Waals surface area contributed by atoms with Crippen LogP contribution in [0, 0.1) is 12.8 Å². The van der Waals surface area contributed by atoms with Gasteiger partial charge in [0.25, 0.3) is 0 Å². The first-order valence-corrected chi connectivity index (χ1v) is 5.72. The van der Waals surface area contributed by atoms with Crippen molar-refractivity contribution in [1.82, 2.24) is 15.3 Å². The molecule has 1 aromatic heterocycles. The fourth-order valence-electron chi connectivity index (χ4n) is 2.05. The highest BCUT2D eigenvalue weighted by molar-refractivity contribution is 5.12. The molecule has 3 nitrogen and oxygen atoms in total. The topological polar surface area (TPSA) is 37.8 Å². The van der Waals surface area contributed by atoms with Gasteiger partial charge in [0.15, 0.2) is 0 Å². The van der Waals surface area contributed by atoms with E-state index in [1.54, 1.807) is 12.4 Å². The summed E-state index contributed by atoms with van der Waals surface area (Å²) in [5.41, 5.74) is 2.10. The zero-order chi connectivity index (χ0) is 10.8. The predicted molar refractivity (Wildman–Crippen MR) is 60.5 cm³/mol. The second-order valence-corrected chi connectivity index (χ2v) is 4.54. The van der Waals surface area contributed by atoms with Crippen molar-refractivity contribution in [3.05, 3.63) is 23.8 Å². The third-order valence-corrected chi connectivity index (χ3v) is 3.17. The summed E-state index contributed by atoms with van der Waals surface area (Å²) in [5.74, 6) is 0.879. The van der Waals surface area contributed by atoms with Gasteiger partial charge in [-0.25, -0.2) is 0 Å². The van der Waals surface area contributed by atoms with E-state index in [0.29, 0.717) is 12.1 Å². The summed E-state index contributed by atoms with van der Waals surface area (Å²) >= 11 is 0. The molecule has 1 saturated carbocycles. The maximum atomic E-state index is 4.39. The molecule has 0 aliphatic heterocycles.